The van der Waals surface area contributed by atoms with E-state index >= 15 is 0 Å². The minimum absolute atomic E-state index is 0.00166. The monoisotopic (exact) mass is 368 g/mol. The topological polar surface area (TPSA) is 57.2 Å². The van der Waals surface area contributed by atoms with Crippen LogP contribution in [0.1, 0.15) is 72.1 Å². The van der Waals surface area contributed by atoms with E-state index in [2.05, 4.69) is 13.5 Å². The zero-order valence-corrected chi connectivity index (χ0v) is 16.6. The molecule has 6 atom stereocenters. The van der Waals surface area contributed by atoms with Crippen LogP contribution in [0.5, 0.6) is 0 Å². The van der Waals surface area contributed by atoms with E-state index in [1.54, 1.807) is 0 Å². The van der Waals surface area contributed by atoms with Gasteiger partial charge in [-0.25, -0.2) is 0 Å². The molecule has 3 aliphatic rings. The second-order valence-corrected chi connectivity index (χ2v) is 8.76. The molecule has 5 nitrogen and oxygen atoms in total. The van der Waals surface area contributed by atoms with Crippen molar-refractivity contribution < 1.29 is 24.1 Å². The number of hydrogen-bond acceptors (Lipinski definition) is 5. The van der Waals surface area contributed by atoms with E-state index in [-0.39, 0.29) is 24.4 Å². The van der Waals surface area contributed by atoms with E-state index in [1.165, 1.54) is 0 Å². The molecule has 1 N–H and O–H groups in total. The van der Waals surface area contributed by atoms with Gasteiger partial charge in [-0.05, 0) is 58.3 Å². The lowest BCUT2D eigenvalue weighted by Crippen LogP contribution is -2.50. The molecule has 3 heterocycles. The smallest absolute Gasteiger partial charge is 0.169 e. The van der Waals surface area contributed by atoms with Crippen molar-refractivity contribution in [1.82, 2.24) is 0 Å². The lowest BCUT2D eigenvalue weighted by molar-refractivity contribution is -0.300. The van der Waals surface area contributed by atoms with Crippen LogP contribution >= 0.6 is 0 Å². The highest BCUT2D eigenvalue weighted by atomic mass is 16.8. The zero-order valence-electron chi connectivity index (χ0n) is 16.6. The SMILES string of the molecule is C=CCCC[C@H](O)C[C@@H]1CC[C@]2(CC[C@@H](C)[C@H]([C@H]3COC(C)(C)O3)O2)O1. The number of ether oxygens (including phenoxy) is 4. The van der Waals surface area contributed by atoms with Gasteiger partial charge in [0.1, 0.15) is 6.10 Å². The van der Waals surface area contributed by atoms with Crippen molar-refractivity contribution in [3.63, 3.8) is 0 Å². The fourth-order valence-corrected chi connectivity index (χ4v) is 4.51. The Bertz CT molecular complexity index is 479. The van der Waals surface area contributed by atoms with E-state index in [0.29, 0.717) is 18.9 Å². The predicted octanol–water partition coefficient (Wildman–Crippen LogP) is 3.94. The third-order valence-electron chi connectivity index (χ3n) is 6.00. The molecule has 0 aromatic carbocycles. The maximum absolute atomic E-state index is 10.3. The Hall–Kier alpha value is -0.460. The molecular formula is C21H36O5. The lowest BCUT2D eigenvalue weighted by atomic mass is 9.88. The Labute approximate surface area is 158 Å². The van der Waals surface area contributed by atoms with Gasteiger partial charge in [-0.2, -0.15) is 0 Å². The van der Waals surface area contributed by atoms with E-state index < -0.39 is 11.6 Å². The van der Waals surface area contributed by atoms with Gasteiger partial charge in [0.15, 0.2) is 11.6 Å². The van der Waals surface area contributed by atoms with Crippen molar-refractivity contribution in [1.29, 1.82) is 0 Å². The van der Waals surface area contributed by atoms with Crippen LogP contribution in [0, 0.1) is 5.92 Å². The van der Waals surface area contributed by atoms with Gasteiger partial charge < -0.3 is 24.1 Å². The second-order valence-electron chi connectivity index (χ2n) is 8.76. The van der Waals surface area contributed by atoms with Crippen LogP contribution in [0.15, 0.2) is 12.7 Å². The minimum atomic E-state index is -0.535. The highest BCUT2D eigenvalue weighted by Gasteiger charge is 2.51. The van der Waals surface area contributed by atoms with E-state index in [1.807, 2.05) is 19.9 Å². The van der Waals surface area contributed by atoms with E-state index in [0.717, 1.165) is 44.9 Å². The van der Waals surface area contributed by atoms with Gasteiger partial charge in [0, 0.05) is 12.8 Å². The molecule has 1 spiro atoms. The summed E-state index contributed by atoms with van der Waals surface area (Å²) in [7, 11) is 0. The lowest BCUT2D eigenvalue weighted by Gasteiger charge is -2.43. The first kappa shape index (κ1) is 20.3. The van der Waals surface area contributed by atoms with Gasteiger partial charge >= 0.3 is 0 Å². The summed E-state index contributed by atoms with van der Waals surface area (Å²) >= 11 is 0. The van der Waals surface area contributed by atoms with Crippen molar-refractivity contribution in [2.24, 2.45) is 5.92 Å². The molecule has 0 radical (unpaired) electrons. The van der Waals surface area contributed by atoms with E-state index in [9.17, 15) is 5.11 Å². The van der Waals surface area contributed by atoms with Crippen LogP contribution in [0.2, 0.25) is 0 Å². The molecule has 3 aliphatic heterocycles. The van der Waals surface area contributed by atoms with Crippen molar-refractivity contribution in [2.45, 2.75) is 108 Å². The van der Waals surface area contributed by atoms with Gasteiger partial charge in [-0.15, -0.1) is 6.58 Å². The van der Waals surface area contributed by atoms with Gasteiger partial charge in [0.05, 0.1) is 24.9 Å². The molecule has 150 valence electrons. The first-order valence-electron chi connectivity index (χ1n) is 10.3. The summed E-state index contributed by atoms with van der Waals surface area (Å²) in [5.74, 6) is -0.610. The number of allylic oxidation sites excluding steroid dienone is 1. The molecule has 0 saturated carbocycles. The van der Waals surface area contributed by atoms with Crippen LogP contribution in [-0.4, -0.2) is 47.7 Å². The van der Waals surface area contributed by atoms with Gasteiger partial charge in [0.2, 0.25) is 0 Å². The first-order valence-corrected chi connectivity index (χ1v) is 10.3. The summed E-state index contributed by atoms with van der Waals surface area (Å²) in [6.07, 6.45) is 8.92. The summed E-state index contributed by atoms with van der Waals surface area (Å²) in [6, 6.07) is 0. The zero-order chi connectivity index (χ0) is 18.8. The highest BCUT2D eigenvalue weighted by Crippen LogP contribution is 2.45. The molecule has 0 unspecified atom stereocenters. The first-order chi connectivity index (χ1) is 12.3. The maximum Gasteiger partial charge on any atom is 0.169 e. The number of aliphatic hydroxyl groups excluding tert-OH is 1. The second kappa shape index (κ2) is 8.27. The summed E-state index contributed by atoms with van der Waals surface area (Å²) in [6.45, 7) is 10.4. The average molecular weight is 369 g/mol. The van der Waals surface area contributed by atoms with Crippen molar-refractivity contribution in [2.75, 3.05) is 6.61 Å². The molecule has 3 saturated heterocycles. The Kier molecular flexibility index (Phi) is 6.45. The molecule has 0 aromatic rings. The quantitative estimate of drug-likeness (QED) is 0.545. The Balaban J connectivity index is 1.53. The predicted molar refractivity (Wildman–Crippen MR) is 99.7 cm³/mol. The Morgan fingerprint density at radius 2 is 1.96 bits per heavy atom. The van der Waals surface area contributed by atoms with Crippen molar-refractivity contribution in [3.05, 3.63) is 12.7 Å². The summed E-state index contributed by atoms with van der Waals surface area (Å²) in [4.78, 5) is 0. The third-order valence-corrected chi connectivity index (χ3v) is 6.00. The van der Waals surface area contributed by atoms with Gasteiger partial charge in [-0.3, -0.25) is 0 Å². The Morgan fingerprint density at radius 1 is 1.19 bits per heavy atom. The molecule has 3 fully saturated rings. The third kappa shape index (κ3) is 4.87. The summed E-state index contributed by atoms with van der Waals surface area (Å²) < 4.78 is 24.7. The molecular weight excluding hydrogens is 332 g/mol. The van der Waals surface area contributed by atoms with Crippen LogP contribution in [0.3, 0.4) is 0 Å². The van der Waals surface area contributed by atoms with Crippen molar-refractivity contribution in [3.8, 4) is 0 Å². The number of aliphatic hydroxyl groups is 1. The van der Waals surface area contributed by atoms with Gasteiger partial charge in [0.25, 0.3) is 0 Å². The van der Waals surface area contributed by atoms with Crippen LogP contribution in [-0.2, 0) is 18.9 Å². The fraction of sp³-hybridized carbons (Fsp3) is 0.905. The van der Waals surface area contributed by atoms with Gasteiger partial charge in [-0.1, -0.05) is 13.0 Å². The fourth-order valence-electron chi connectivity index (χ4n) is 4.51. The number of hydrogen-bond donors (Lipinski definition) is 1. The minimum Gasteiger partial charge on any atom is -0.393 e. The number of rotatable bonds is 7. The molecule has 0 aromatic heterocycles. The largest absolute Gasteiger partial charge is 0.393 e. The standard InChI is InChI=1S/C21H36O5/c1-5-6-7-8-16(22)13-17-10-12-21(24-17)11-9-15(2)19(26-21)18-14-23-20(3,4)25-18/h5,15-19,22H,1,6-14H2,2-4H3/t15-,16+,17+,18-,19-,21-/m1/s1. The number of unbranched alkanes of at least 4 members (excludes halogenated alkanes) is 1. The summed E-state index contributed by atoms with van der Waals surface area (Å²) in [5, 5.41) is 10.3. The molecule has 0 aliphatic carbocycles. The molecule has 3 rings (SSSR count). The molecule has 26 heavy (non-hydrogen) atoms. The highest BCUT2D eigenvalue weighted by molar-refractivity contribution is 4.93. The Morgan fingerprint density at radius 3 is 2.65 bits per heavy atom. The maximum atomic E-state index is 10.3. The molecule has 0 bridgehead atoms. The van der Waals surface area contributed by atoms with Crippen LogP contribution in [0.25, 0.3) is 0 Å². The summed E-state index contributed by atoms with van der Waals surface area (Å²) in [5.41, 5.74) is 0. The van der Waals surface area contributed by atoms with Crippen LogP contribution in [0.4, 0.5) is 0 Å². The normalized spacial score (nSPS) is 40.8. The van der Waals surface area contributed by atoms with E-state index in [4.69, 9.17) is 18.9 Å². The molecule has 5 heteroatoms. The van der Waals surface area contributed by atoms with Crippen molar-refractivity contribution >= 4 is 0 Å². The average Bonchev–Trinajstić information content (AvgIpc) is 3.14. The van der Waals surface area contributed by atoms with Crippen LogP contribution < -0.4 is 0 Å². The molecule has 0 amide bonds.